The van der Waals surface area contributed by atoms with Crippen molar-refractivity contribution in [1.82, 2.24) is 5.32 Å². The van der Waals surface area contributed by atoms with Gasteiger partial charge in [-0.3, -0.25) is 0 Å². The molecule has 2 atom stereocenters. The molecule has 2 unspecified atom stereocenters. The maximum absolute atomic E-state index is 12.4. The van der Waals surface area contributed by atoms with Crippen LogP contribution in [0.2, 0.25) is 5.02 Å². The molecule has 1 aromatic rings. The van der Waals surface area contributed by atoms with Gasteiger partial charge >= 0.3 is 0 Å². The lowest BCUT2D eigenvalue weighted by atomic mass is 10.2. The number of benzene rings is 1. The molecular formula is C13H20ClNO2S. The van der Waals surface area contributed by atoms with Crippen LogP contribution >= 0.6 is 11.6 Å². The highest BCUT2D eigenvalue weighted by Crippen LogP contribution is 2.20. The molecule has 0 radical (unpaired) electrons. The van der Waals surface area contributed by atoms with E-state index in [0.29, 0.717) is 9.92 Å². The molecule has 0 fully saturated rings. The van der Waals surface area contributed by atoms with Gasteiger partial charge in [0.2, 0.25) is 0 Å². The standard InChI is InChI=1S/C13H20ClNO2S/c1-4-9-15-10(2)11(3)18(16,17)13-7-5-12(14)6-8-13/h5-8,10-11,15H,4,9H2,1-3H3. The minimum Gasteiger partial charge on any atom is -0.313 e. The summed E-state index contributed by atoms with van der Waals surface area (Å²) < 4.78 is 24.7. The van der Waals surface area contributed by atoms with Crippen molar-refractivity contribution in [2.45, 2.75) is 43.4 Å². The van der Waals surface area contributed by atoms with E-state index in [4.69, 9.17) is 11.6 Å². The molecule has 1 aromatic carbocycles. The van der Waals surface area contributed by atoms with Gasteiger partial charge < -0.3 is 5.32 Å². The summed E-state index contributed by atoms with van der Waals surface area (Å²) in [5.74, 6) is 0. The molecule has 0 aliphatic heterocycles. The Bertz CT molecular complexity index is 470. The van der Waals surface area contributed by atoms with E-state index in [0.717, 1.165) is 13.0 Å². The SMILES string of the molecule is CCCNC(C)C(C)S(=O)(=O)c1ccc(Cl)cc1. The zero-order valence-electron chi connectivity index (χ0n) is 11.0. The van der Waals surface area contributed by atoms with Crippen molar-refractivity contribution in [3.63, 3.8) is 0 Å². The Morgan fingerprint density at radius 3 is 2.28 bits per heavy atom. The molecule has 0 heterocycles. The molecule has 3 nitrogen and oxygen atoms in total. The second-order valence-electron chi connectivity index (χ2n) is 4.45. The van der Waals surface area contributed by atoms with Crippen LogP contribution in [0.25, 0.3) is 0 Å². The molecule has 0 aliphatic carbocycles. The van der Waals surface area contributed by atoms with Crippen LogP contribution in [0.1, 0.15) is 27.2 Å². The van der Waals surface area contributed by atoms with Crippen molar-refractivity contribution >= 4 is 21.4 Å². The Hall–Kier alpha value is -0.580. The van der Waals surface area contributed by atoms with Crippen LogP contribution in [-0.2, 0) is 9.84 Å². The first-order valence-corrected chi connectivity index (χ1v) is 8.05. The quantitative estimate of drug-likeness (QED) is 0.876. The number of sulfone groups is 1. The van der Waals surface area contributed by atoms with Gasteiger partial charge in [-0.2, -0.15) is 0 Å². The Labute approximate surface area is 114 Å². The monoisotopic (exact) mass is 289 g/mol. The van der Waals surface area contributed by atoms with Gasteiger partial charge in [0.25, 0.3) is 0 Å². The van der Waals surface area contributed by atoms with Crippen LogP contribution < -0.4 is 5.32 Å². The maximum atomic E-state index is 12.4. The predicted octanol–water partition coefficient (Wildman–Crippen LogP) is 2.89. The molecule has 1 rings (SSSR count). The van der Waals surface area contributed by atoms with E-state index >= 15 is 0 Å². The van der Waals surface area contributed by atoms with Gasteiger partial charge in [0.05, 0.1) is 10.1 Å². The fourth-order valence-corrected chi connectivity index (χ4v) is 3.35. The fraction of sp³-hybridized carbons (Fsp3) is 0.538. The highest BCUT2D eigenvalue weighted by molar-refractivity contribution is 7.92. The Morgan fingerprint density at radius 1 is 1.22 bits per heavy atom. The highest BCUT2D eigenvalue weighted by atomic mass is 35.5. The first-order valence-electron chi connectivity index (χ1n) is 6.12. The van der Waals surface area contributed by atoms with Crippen LogP contribution in [0.15, 0.2) is 29.2 Å². The number of nitrogens with one attached hydrogen (secondary N) is 1. The molecule has 0 bridgehead atoms. The average molecular weight is 290 g/mol. The average Bonchev–Trinajstić information content (AvgIpc) is 2.35. The van der Waals surface area contributed by atoms with Crippen molar-refractivity contribution in [2.75, 3.05) is 6.54 Å². The summed E-state index contributed by atoms with van der Waals surface area (Å²) in [4.78, 5) is 0.324. The molecule has 0 aromatic heterocycles. The topological polar surface area (TPSA) is 46.2 Å². The van der Waals surface area contributed by atoms with Crippen molar-refractivity contribution in [1.29, 1.82) is 0 Å². The van der Waals surface area contributed by atoms with E-state index in [1.54, 1.807) is 31.2 Å². The van der Waals surface area contributed by atoms with E-state index in [9.17, 15) is 8.42 Å². The van der Waals surface area contributed by atoms with Gasteiger partial charge in [-0.25, -0.2) is 8.42 Å². The summed E-state index contributed by atoms with van der Waals surface area (Å²) in [6, 6.07) is 6.24. The highest BCUT2D eigenvalue weighted by Gasteiger charge is 2.27. The summed E-state index contributed by atoms with van der Waals surface area (Å²) in [6.07, 6.45) is 0.984. The number of hydrogen-bond acceptors (Lipinski definition) is 3. The molecule has 0 saturated carbocycles. The lowest BCUT2D eigenvalue weighted by Gasteiger charge is -2.21. The summed E-state index contributed by atoms with van der Waals surface area (Å²) in [7, 11) is -3.31. The molecule has 5 heteroatoms. The zero-order chi connectivity index (χ0) is 13.8. The Balaban J connectivity index is 2.89. The van der Waals surface area contributed by atoms with Crippen LogP contribution in [0.4, 0.5) is 0 Å². The van der Waals surface area contributed by atoms with Gasteiger partial charge in [0, 0.05) is 11.1 Å². The van der Waals surface area contributed by atoms with Gasteiger partial charge in [0.1, 0.15) is 0 Å². The third-order valence-electron chi connectivity index (χ3n) is 3.05. The van der Waals surface area contributed by atoms with Crippen LogP contribution in [0.5, 0.6) is 0 Å². The molecule has 0 aliphatic rings. The van der Waals surface area contributed by atoms with Gasteiger partial charge in [0.15, 0.2) is 9.84 Å². The summed E-state index contributed by atoms with van der Waals surface area (Å²) in [5, 5.41) is 3.29. The molecule has 0 spiro atoms. The molecule has 102 valence electrons. The molecule has 0 amide bonds. The lowest BCUT2D eigenvalue weighted by Crippen LogP contribution is -2.40. The van der Waals surface area contributed by atoms with Crippen LogP contribution in [0.3, 0.4) is 0 Å². The molecule has 0 saturated heterocycles. The first-order chi connectivity index (χ1) is 8.39. The zero-order valence-corrected chi connectivity index (χ0v) is 12.6. The van der Waals surface area contributed by atoms with E-state index < -0.39 is 15.1 Å². The van der Waals surface area contributed by atoms with E-state index in [1.807, 2.05) is 6.92 Å². The smallest absolute Gasteiger partial charge is 0.182 e. The molecule has 18 heavy (non-hydrogen) atoms. The second kappa shape index (κ2) is 6.55. The van der Waals surface area contributed by atoms with Gasteiger partial charge in [-0.15, -0.1) is 0 Å². The van der Waals surface area contributed by atoms with Crippen molar-refractivity contribution in [2.24, 2.45) is 0 Å². The third-order valence-corrected chi connectivity index (χ3v) is 5.62. The third kappa shape index (κ3) is 3.70. The number of halogens is 1. The minimum absolute atomic E-state index is 0.0781. The molecule has 1 N–H and O–H groups in total. The second-order valence-corrected chi connectivity index (χ2v) is 7.19. The van der Waals surface area contributed by atoms with E-state index in [2.05, 4.69) is 12.2 Å². The Kier molecular flexibility index (Phi) is 5.63. The van der Waals surface area contributed by atoms with Crippen LogP contribution in [0, 0.1) is 0 Å². The van der Waals surface area contributed by atoms with Gasteiger partial charge in [-0.1, -0.05) is 18.5 Å². The van der Waals surface area contributed by atoms with Crippen LogP contribution in [-0.4, -0.2) is 26.3 Å². The number of hydrogen-bond donors (Lipinski definition) is 1. The van der Waals surface area contributed by atoms with Gasteiger partial charge in [-0.05, 0) is 51.1 Å². The van der Waals surface area contributed by atoms with Crippen molar-refractivity contribution < 1.29 is 8.42 Å². The Morgan fingerprint density at radius 2 is 1.78 bits per heavy atom. The predicted molar refractivity (Wildman–Crippen MR) is 75.9 cm³/mol. The summed E-state index contributed by atoms with van der Waals surface area (Å²) >= 11 is 5.77. The summed E-state index contributed by atoms with van der Waals surface area (Å²) in [6.45, 7) is 6.50. The van der Waals surface area contributed by atoms with E-state index in [1.165, 1.54) is 0 Å². The maximum Gasteiger partial charge on any atom is 0.182 e. The van der Waals surface area contributed by atoms with Crippen molar-refractivity contribution in [3.05, 3.63) is 29.3 Å². The largest absolute Gasteiger partial charge is 0.313 e. The minimum atomic E-state index is -3.31. The number of rotatable bonds is 6. The first kappa shape index (κ1) is 15.5. The lowest BCUT2D eigenvalue weighted by molar-refractivity contribution is 0.509. The van der Waals surface area contributed by atoms with Crippen molar-refractivity contribution in [3.8, 4) is 0 Å². The molecular weight excluding hydrogens is 270 g/mol. The van der Waals surface area contributed by atoms with E-state index in [-0.39, 0.29) is 6.04 Å². The fourth-order valence-electron chi connectivity index (χ4n) is 1.65. The normalized spacial score (nSPS) is 15.3. The summed E-state index contributed by atoms with van der Waals surface area (Å²) in [5.41, 5.74) is 0.